The molecule has 2 nitrogen and oxygen atoms in total. The van der Waals surface area contributed by atoms with Gasteiger partial charge < -0.3 is 4.74 Å². The van der Waals surface area contributed by atoms with E-state index in [1.165, 1.54) is 36.8 Å². The van der Waals surface area contributed by atoms with Crippen LogP contribution in [-0.4, -0.2) is 12.6 Å². The molecule has 2 heteroatoms. The highest BCUT2D eigenvalue weighted by molar-refractivity contribution is 5.86. The van der Waals surface area contributed by atoms with Crippen molar-refractivity contribution in [1.82, 2.24) is 0 Å². The largest absolute Gasteiger partial charge is 0.458 e. The van der Waals surface area contributed by atoms with Gasteiger partial charge in [0.2, 0.25) is 0 Å². The van der Waals surface area contributed by atoms with Crippen LogP contribution in [0.15, 0.2) is 35.5 Å². The van der Waals surface area contributed by atoms with Crippen molar-refractivity contribution in [2.24, 2.45) is 5.92 Å². The lowest BCUT2D eigenvalue weighted by molar-refractivity contribution is -0.137. The monoisotopic (exact) mass is 292 g/mol. The summed E-state index contributed by atoms with van der Waals surface area (Å²) in [7, 11) is 0. The van der Waals surface area contributed by atoms with Gasteiger partial charge in [-0.3, -0.25) is 0 Å². The third-order valence-electron chi connectivity index (χ3n) is 3.47. The molecule has 0 radical (unpaired) electrons. The Hall–Kier alpha value is -1.31. The molecule has 0 N–H and O–H groups in total. The molecule has 21 heavy (non-hydrogen) atoms. The molecule has 0 fully saturated rings. The van der Waals surface area contributed by atoms with E-state index in [-0.39, 0.29) is 5.97 Å². The lowest BCUT2D eigenvalue weighted by Crippen LogP contribution is -2.04. The van der Waals surface area contributed by atoms with Crippen LogP contribution in [-0.2, 0) is 9.53 Å². The van der Waals surface area contributed by atoms with Crippen molar-refractivity contribution in [2.75, 3.05) is 6.61 Å². The second-order valence-corrected chi connectivity index (χ2v) is 6.29. The van der Waals surface area contributed by atoms with Crippen LogP contribution in [0.2, 0.25) is 0 Å². The van der Waals surface area contributed by atoms with Crippen LogP contribution < -0.4 is 0 Å². The van der Waals surface area contributed by atoms with E-state index in [9.17, 15) is 4.79 Å². The zero-order valence-corrected chi connectivity index (χ0v) is 14.5. The molecule has 0 amide bonds. The molecular weight excluding hydrogens is 260 g/mol. The zero-order valence-electron chi connectivity index (χ0n) is 14.5. The van der Waals surface area contributed by atoms with E-state index < -0.39 is 0 Å². The summed E-state index contributed by atoms with van der Waals surface area (Å²) < 4.78 is 5.06. The predicted octanol–water partition coefficient (Wildman–Crippen LogP) is 5.60. The van der Waals surface area contributed by atoms with Crippen molar-refractivity contribution < 1.29 is 9.53 Å². The molecule has 1 unspecified atom stereocenters. The molecule has 0 aromatic rings. The number of carbonyl (C=O) groups is 1. The Morgan fingerprint density at radius 1 is 1.14 bits per heavy atom. The first-order chi connectivity index (χ1) is 9.82. The first-order valence-electron chi connectivity index (χ1n) is 7.94. The van der Waals surface area contributed by atoms with Crippen LogP contribution in [0.25, 0.3) is 0 Å². The lowest BCUT2D eigenvalue weighted by atomic mass is 9.97. The first kappa shape index (κ1) is 19.7. The van der Waals surface area contributed by atoms with Crippen molar-refractivity contribution in [3.05, 3.63) is 35.5 Å². The SMILES string of the molecule is C=C(C)C(=O)OCC=C(C)CCCC(C)CCC=C(C)C. The number of esters is 1. The summed E-state index contributed by atoms with van der Waals surface area (Å²) in [5, 5.41) is 0. The van der Waals surface area contributed by atoms with Crippen LogP contribution in [0.3, 0.4) is 0 Å². The Kier molecular flexibility index (Phi) is 10.7. The summed E-state index contributed by atoms with van der Waals surface area (Å²) in [5.41, 5.74) is 3.15. The van der Waals surface area contributed by atoms with Crippen molar-refractivity contribution in [2.45, 2.75) is 66.7 Å². The van der Waals surface area contributed by atoms with E-state index in [2.05, 4.69) is 40.3 Å². The smallest absolute Gasteiger partial charge is 0.333 e. The molecule has 0 saturated carbocycles. The Morgan fingerprint density at radius 2 is 1.81 bits per heavy atom. The van der Waals surface area contributed by atoms with E-state index in [0.29, 0.717) is 12.2 Å². The van der Waals surface area contributed by atoms with E-state index in [1.54, 1.807) is 6.92 Å². The standard InChI is InChI=1S/C19H32O2/c1-15(2)9-7-10-17(5)11-8-12-18(6)13-14-21-19(20)16(3)4/h9,13,17H,3,7-8,10-12,14H2,1-2,4-6H3. The quantitative estimate of drug-likeness (QED) is 0.297. The number of carbonyl (C=O) groups excluding carboxylic acids is 1. The number of hydrogen-bond donors (Lipinski definition) is 0. The highest BCUT2D eigenvalue weighted by Gasteiger charge is 2.03. The second-order valence-electron chi connectivity index (χ2n) is 6.29. The van der Waals surface area contributed by atoms with E-state index in [0.717, 1.165) is 12.3 Å². The Morgan fingerprint density at radius 3 is 2.38 bits per heavy atom. The van der Waals surface area contributed by atoms with Crippen LogP contribution in [0.4, 0.5) is 0 Å². The third-order valence-corrected chi connectivity index (χ3v) is 3.47. The summed E-state index contributed by atoms with van der Waals surface area (Å²) in [5.74, 6) is 0.460. The summed E-state index contributed by atoms with van der Waals surface area (Å²) in [4.78, 5) is 11.2. The van der Waals surface area contributed by atoms with E-state index in [1.807, 2.05) is 6.08 Å². The van der Waals surface area contributed by atoms with Gasteiger partial charge in [-0.25, -0.2) is 4.79 Å². The van der Waals surface area contributed by atoms with E-state index >= 15 is 0 Å². The fourth-order valence-corrected chi connectivity index (χ4v) is 2.02. The lowest BCUT2D eigenvalue weighted by Gasteiger charge is -2.10. The fraction of sp³-hybridized carbons (Fsp3) is 0.632. The van der Waals surface area contributed by atoms with Gasteiger partial charge in [0.25, 0.3) is 0 Å². The van der Waals surface area contributed by atoms with E-state index in [4.69, 9.17) is 4.74 Å². The van der Waals surface area contributed by atoms with Gasteiger partial charge in [-0.2, -0.15) is 0 Å². The predicted molar refractivity (Wildman–Crippen MR) is 91.2 cm³/mol. The first-order valence-corrected chi connectivity index (χ1v) is 7.94. The zero-order chi connectivity index (χ0) is 16.3. The molecule has 0 saturated heterocycles. The molecule has 0 rings (SSSR count). The van der Waals surface area contributed by atoms with Gasteiger partial charge in [0, 0.05) is 5.57 Å². The maximum absolute atomic E-state index is 11.2. The molecular formula is C19H32O2. The number of rotatable bonds is 10. The number of hydrogen-bond acceptors (Lipinski definition) is 2. The third kappa shape index (κ3) is 12.2. The molecule has 0 aromatic heterocycles. The van der Waals surface area contributed by atoms with Crippen LogP contribution >= 0.6 is 0 Å². The van der Waals surface area contributed by atoms with Crippen LogP contribution in [0.5, 0.6) is 0 Å². The summed E-state index contributed by atoms with van der Waals surface area (Å²) in [6.45, 7) is 14.3. The normalized spacial score (nSPS) is 12.7. The Labute approximate surface area is 131 Å². The van der Waals surface area contributed by atoms with Crippen molar-refractivity contribution in [3.8, 4) is 0 Å². The minimum atomic E-state index is -0.313. The van der Waals surface area contributed by atoms with Gasteiger partial charge in [0.1, 0.15) is 6.61 Å². The fourth-order valence-electron chi connectivity index (χ4n) is 2.02. The molecule has 120 valence electrons. The molecule has 0 heterocycles. The number of allylic oxidation sites excluding steroid dienone is 3. The highest BCUT2D eigenvalue weighted by Crippen LogP contribution is 2.17. The Balaban J connectivity index is 3.77. The van der Waals surface area contributed by atoms with Crippen molar-refractivity contribution in [3.63, 3.8) is 0 Å². The molecule has 0 aliphatic heterocycles. The minimum absolute atomic E-state index is 0.313. The van der Waals surface area contributed by atoms with Crippen LogP contribution in [0, 0.1) is 5.92 Å². The number of ether oxygens (including phenoxy) is 1. The van der Waals surface area contributed by atoms with Gasteiger partial charge >= 0.3 is 5.97 Å². The van der Waals surface area contributed by atoms with Gasteiger partial charge in [-0.05, 0) is 65.4 Å². The van der Waals surface area contributed by atoms with Gasteiger partial charge in [-0.15, -0.1) is 0 Å². The molecule has 0 aliphatic rings. The molecule has 0 spiro atoms. The highest BCUT2D eigenvalue weighted by atomic mass is 16.5. The second kappa shape index (κ2) is 11.4. The van der Waals surface area contributed by atoms with Gasteiger partial charge in [-0.1, -0.05) is 37.1 Å². The maximum atomic E-state index is 11.2. The molecule has 0 aliphatic carbocycles. The van der Waals surface area contributed by atoms with Gasteiger partial charge in [0.05, 0.1) is 0 Å². The molecule has 1 atom stereocenters. The van der Waals surface area contributed by atoms with Crippen molar-refractivity contribution >= 4 is 5.97 Å². The maximum Gasteiger partial charge on any atom is 0.333 e. The summed E-state index contributed by atoms with van der Waals surface area (Å²) in [6, 6.07) is 0. The topological polar surface area (TPSA) is 26.3 Å². The summed E-state index contributed by atoms with van der Waals surface area (Å²) in [6.07, 6.45) is 10.3. The summed E-state index contributed by atoms with van der Waals surface area (Å²) >= 11 is 0. The minimum Gasteiger partial charge on any atom is -0.458 e. The van der Waals surface area contributed by atoms with Crippen molar-refractivity contribution in [1.29, 1.82) is 0 Å². The molecule has 0 bridgehead atoms. The average molecular weight is 292 g/mol. The average Bonchev–Trinajstić information content (AvgIpc) is 2.37. The molecule has 0 aromatic carbocycles. The Bertz CT molecular complexity index is 384. The van der Waals surface area contributed by atoms with Crippen LogP contribution in [0.1, 0.15) is 66.7 Å². The van der Waals surface area contributed by atoms with Gasteiger partial charge in [0.15, 0.2) is 0 Å².